The van der Waals surface area contributed by atoms with Gasteiger partial charge in [-0.2, -0.15) is 0 Å². The first-order chi connectivity index (χ1) is 7.80. The number of ether oxygens (including phenoxy) is 1. The van der Waals surface area contributed by atoms with Crippen LogP contribution in [0.1, 0.15) is 20.8 Å². The normalized spacial score (nSPS) is 11.3. The van der Waals surface area contributed by atoms with Gasteiger partial charge >= 0.3 is 6.09 Å². The standard InChI is InChI=1S/C13H22N2O2/c1-7-8-9-11(2)10-15(14-6)12(16)17-13(3,4)5/h7-9,14H,1-2,10H2,3-6H3/b9-8-. The Hall–Kier alpha value is -1.55. The van der Waals surface area contributed by atoms with Crippen LogP contribution in [-0.2, 0) is 4.74 Å². The van der Waals surface area contributed by atoms with E-state index in [1.165, 1.54) is 5.01 Å². The van der Waals surface area contributed by atoms with Crippen LogP contribution in [0.5, 0.6) is 0 Å². The van der Waals surface area contributed by atoms with Crippen LogP contribution in [0.3, 0.4) is 0 Å². The van der Waals surface area contributed by atoms with Gasteiger partial charge in [-0.15, -0.1) is 0 Å². The Kier molecular flexibility index (Phi) is 6.28. The number of rotatable bonds is 5. The van der Waals surface area contributed by atoms with Crippen molar-refractivity contribution in [3.63, 3.8) is 0 Å². The topological polar surface area (TPSA) is 41.6 Å². The number of hydrogen-bond acceptors (Lipinski definition) is 3. The highest BCUT2D eigenvalue weighted by Crippen LogP contribution is 2.09. The molecule has 0 fully saturated rings. The summed E-state index contributed by atoms with van der Waals surface area (Å²) in [6, 6.07) is 0. The number of hydrogen-bond donors (Lipinski definition) is 1. The Morgan fingerprint density at radius 1 is 1.47 bits per heavy atom. The van der Waals surface area contributed by atoms with Crippen LogP contribution in [0.15, 0.2) is 37.0 Å². The van der Waals surface area contributed by atoms with Crippen molar-refractivity contribution < 1.29 is 9.53 Å². The molecule has 4 heteroatoms. The summed E-state index contributed by atoms with van der Waals surface area (Å²) < 4.78 is 5.24. The molecule has 0 spiro atoms. The predicted octanol–water partition coefficient (Wildman–Crippen LogP) is 2.66. The summed E-state index contributed by atoms with van der Waals surface area (Å²) in [5.74, 6) is 0. The van der Waals surface area contributed by atoms with Crippen molar-refractivity contribution in [2.24, 2.45) is 0 Å². The zero-order valence-electron chi connectivity index (χ0n) is 11.1. The summed E-state index contributed by atoms with van der Waals surface area (Å²) in [6.45, 7) is 13.2. The van der Waals surface area contributed by atoms with E-state index < -0.39 is 11.7 Å². The van der Waals surface area contributed by atoms with Crippen molar-refractivity contribution in [3.8, 4) is 0 Å². The van der Waals surface area contributed by atoms with Gasteiger partial charge in [0.2, 0.25) is 0 Å². The van der Waals surface area contributed by atoms with Gasteiger partial charge in [0, 0.05) is 7.05 Å². The Morgan fingerprint density at radius 2 is 2.06 bits per heavy atom. The SMILES string of the molecule is C=C/C=C\C(=C)CN(NC)C(=O)OC(C)(C)C. The van der Waals surface area contributed by atoms with Crippen molar-refractivity contribution in [1.29, 1.82) is 0 Å². The summed E-state index contributed by atoms with van der Waals surface area (Å²) in [7, 11) is 1.66. The molecule has 0 rings (SSSR count). The van der Waals surface area contributed by atoms with E-state index in [4.69, 9.17) is 4.74 Å². The van der Waals surface area contributed by atoms with Gasteiger partial charge in [0.1, 0.15) is 5.60 Å². The van der Waals surface area contributed by atoms with Gasteiger partial charge < -0.3 is 4.74 Å². The van der Waals surface area contributed by atoms with Crippen molar-refractivity contribution >= 4 is 6.09 Å². The largest absolute Gasteiger partial charge is 0.443 e. The fraction of sp³-hybridized carbons (Fsp3) is 0.462. The van der Waals surface area contributed by atoms with Crippen LogP contribution >= 0.6 is 0 Å². The molecule has 0 saturated heterocycles. The molecule has 0 bridgehead atoms. The molecule has 0 aliphatic carbocycles. The summed E-state index contributed by atoms with van der Waals surface area (Å²) in [4.78, 5) is 11.8. The van der Waals surface area contributed by atoms with Gasteiger partial charge in [-0.1, -0.05) is 31.4 Å². The smallest absolute Gasteiger partial charge is 0.425 e. The molecule has 96 valence electrons. The lowest BCUT2D eigenvalue weighted by Gasteiger charge is -2.26. The van der Waals surface area contributed by atoms with Gasteiger partial charge in [0.05, 0.1) is 6.54 Å². The molecule has 0 atom stereocenters. The third-order valence-electron chi connectivity index (χ3n) is 1.71. The first-order valence-corrected chi connectivity index (χ1v) is 5.45. The van der Waals surface area contributed by atoms with E-state index in [1.54, 1.807) is 25.3 Å². The van der Waals surface area contributed by atoms with Gasteiger partial charge in [0.25, 0.3) is 0 Å². The second kappa shape index (κ2) is 6.91. The highest BCUT2D eigenvalue weighted by molar-refractivity contribution is 5.68. The van der Waals surface area contributed by atoms with Crippen LogP contribution in [-0.4, -0.2) is 30.3 Å². The number of hydrazine groups is 1. The summed E-state index contributed by atoms with van der Waals surface area (Å²) in [6.07, 6.45) is 4.79. The average molecular weight is 238 g/mol. The van der Waals surface area contributed by atoms with Crippen molar-refractivity contribution in [2.75, 3.05) is 13.6 Å². The molecule has 0 aliphatic rings. The molecule has 0 aromatic heterocycles. The highest BCUT2D eigenvalue weighted by atomic mass is 16.6. The predicted molar refractivity (Wildman–Crippen MR) is 70.5 cm³/mol. The monoisotopic (exact) mass is 238 g/mol. The maximum absolute atomic E-state index is 11.8. The molecule has 1 N–H and O–H groups in total. The van der Waals surface area contributed by atoms with Crippen molar-refractivity contribution in [3.05, 3.63) is 37.0 Å². The number of carbonyl (C=O) groups excluding carboxylic acids is 1. The van der Waals surface area contributed by atoms with Crippen molar-refractivity contribution in [1.82, 2.24) is 10.4 Å². The van der Waals surface area contributed by atoms with Gasteiger partial charge in [-0.25, -0.2) is 15.2 Å². The van der Waals surface area contributed by atoms with E-state index in [1.807, 2.05) is 20.8 Å². The lowest BCUT2D eigenvalue weighted by Crippen LogP contribution is -2.44. The molecular weight excluding hydrogens is 216 g/mol. The molecule has 0 saturated carbocycles. The molecule has 0 aromatic carbocycles. The van der Waals surface area contributed by atoms with Crippen LogP contribution < -0.4 is 5.43 Å². The second-order valence-electron chi connectivity index (χ2n) is 4.54. The number of carbonyl (C=O) groups is 1. The van der Waals surface area contributed by atoms with E-state index in [2.05, 4.69) is 18.6 Å². The van der Waals surface area contributed by atoms with E-state index >= 15 is 0 Å². The molecule has 0 heterocycles. The van der Waals surface area contributed by atoms with E-state index in [0.29, 0.717) is 6.54 Å². The average Bonchev–Trinajstić information content (AvgIpc) is 2.20. The molecule has 17 heavy (non-hydrogen) atoms. The minimum atomic E-state index is -0.509. The lowest BCUT2D eigenvalue weighted by atomic mass is 10.2. The third kappa shape index (κ3) is 7.36. The zero-order valence-corrected chi connectivity index (χ0v) is 11.1. The fourth-order valence-corrected chi connectivity index (χ4v) is 1.01. The number of nitrogens with zero attached hydrogens (tertiary/aromatic N) is 1. The molecule has 0 aliphatic heterocycles. The first kappa shape index (κ1) is 15.4. The highest BCUT2D eigenvalue weighted by Gasteiger charge is 2.21. The lowest BCUT2D eigenvalue weighted by molar-refractivity contribution is 0.0184. The van der Waals surface area contributed by atoms with Gasteiger partial charge in [0.15, 0.2) is 0 Å². The molecule has 1 amide bonds. The minimum Gasteiger partial charge on any atom is -0.443 e. The Labute approximate surface area is 104 Å². The zero-order chi connectivity index (χ0) is 13.5. The summed E-state index contributed by atoms with van der Waals surface area (Å²) in [5.41, 5.74) is 3.04. The first-order valence-electron chi connectivity index (χ1n) is 5.45. The van der Waals surface area contributed by atoms with E-state index in [9.17, 15) is 4.79 Å². The maximum Gasteiger partial charge on any atom is 0.425 e. The number of amides is 1. The van der Waals surface area contributed by atoms with Crippen LogP contribution in [0.2, 0.25) is 0 Å². The number of nitrogens with one attached hydrogen (secondary N) is 1. The molecule has 0 aromatic rings. The van der Waals surface area contributed by atoms with Crippen LogP contribution in [0.4, 0.5) is 4.79 Å². The van der Waals surface area contributed by atoms with Crippen LogP contribution in [0.25, 0.3) is 0 Å². The molecule has 0 radical (unpaired) electrons. The Bertz CT molecular complexity index is 314. The third-order valence-corrected chi connectivity index (χ3v) is 1.71. The van der Waals surface area contributed by atoms with E-state index in [0.717, 1.165) is 5.57 Å². The molecular formula is C13H22N2O2. The van der Waals surface area contributed by atoms with E-state index in [-0.39, 0.29) is 0 Å². The minimum absolute atomic E-state index is 0.357. The van der Waals surface area contributed by atoms with Crippen LogP contribution in [0, 0.1) is 0 Å². The second-order valence-corrected chi connectivity index (χ2v) is 4.54. The van der Waals surface area contributed by atoms with Gasteiger partial charge in [-0.05, 0) is 26.3 Å². The molecule has 0 unspecified atom stereocenters. The molecule has 4 nitrogen and oxygen atoms in total. The maximum atomic E-state index is 11.8. The summed E-state index contributed by atoms with van der Waals surface area (Å²) in [5, 5.41) is 1.36. The van der Waals surface area contributed by atoms with Gasteiger partial charge in [-0.3, -0.25) is 0 Å². The van der Waals surface area contributed by atoms with Crippen molar-refractivity contribution in [2.45, 2.75) is 26.4 Å². The Morgan fingerprint density at radius 3 is 2.47 bits per heavy atom. The number of allylic oxidation sites excluding steroid dienone is 2. The Balaban J connectivity index is 4.42. The quantitative estimate of drug-likeness (QED) is 0.591. The fourth-order valence-electron chi connectivity index (χ4n) is 1.01. The summed E-state index contributed by atoms with van der Waals surface area (Å²) >= 11 is 0.